The Hall–Kier alpha value is -3.52. The summed E-state index contributed by atoms with van der Waals surface area (Å²) in [5.41, 5.74) is 5.10. The van der Waals surface area contributed by atoms with Crippen molar-refractivity contribution in [2.24, 2.45) is 0 Å². The Morgan fingerprint density at radius 2 is 1.79 bits per heavy atom. The first-order valence-electron chi connectivity index (χ1n) is 8.59. The van der Waals surface area contributed by atoms with Crippen LogP contribution in [0.15, 0.2) is 54.6 Å². The summed E-state index contributed by atoms with van der Waals surface area (Å²) >= 11 is 5.78. The van der Waals surface area contributed by atoms with E-state index in [0.29, 0.717) is 16.5 Å². The molecule has 150 valence electrons. The molecule has 29 heavy (non-hydrogen) atoms. The predicted molar refractivity (Wildman–Crippen MR) is 104 cm³/mol. The fourth-order valence-corrected chi connectivity index (χ4v) is 2.45. The highest BCUT2D eigenvalue weighted by atomic mass is 35.5. The van der Waals surface area contributed by atoms with Gasteiger partial charge in [0.15, 0.2) is 18.1 Å². The number of hydrogen-bond donors (Lipinski definition) is 2. The molecule has 9 heteroatoms. The zero-order valence-electron chi connectivity index (χ0n) is 15.1. The monoisotopic (exact) mass is 416 g/mol. The van der Waals surface area contributed by atoms with E-state index in [9.17, 15) is 14.4 Å². The molecule has 2 aromatic rings. The summed E-state index contributed by atoms with van der Waals surface area (Å²) in [6.45, 7) is -0.557. The maximum atomic E-state index is 12.1. The van der Waals surface area contributed by atoms with Gasteiger partial charge in [0.2, 0.25) is 6.10 Å². The van der Waals surface area contributed by atoms with Gasteiger partial charge in [-0.3, -0.25) is 20.4 Å². The summed E-state index contributed by atoms with van der Waals surface area (Å²) in [4.78, 5) is 35.5. The zero-order chi connectivity index (χ0) is 20.6. The van der Waals surface area contributed by atoms with Crippen LogP contribution in [0.5, 0.6) is 11.5 Å². The fourth-order valence-electron chi connectivity index (χ4n) is 2.32. The number of fused-ring (bicyclic) bond motifs is 1. The minimum atomic E-state index is -0.921. The van der Waals surface area contributed by atoms with Crippen molar-refractivity contribution in [3.8, 4) is 11.5 Å². The van der Waals surface area contributed by atoms with Crippen LogP contribution in [0.25, 0.3) is 6.08 Å². The number of hydrazine groups is 1. The molecule has 0 aliphatic carbocycles. The van der Waals surface area contributed by atoms with Gasteiger partial charge in [0.05, 0.1) is 0 Å². The lowest BCUT2D eigenvalue weighted by Gasteiger charge is -2.25. The van der Waals surface area contributed by atoms with Crippen molar-refractivity contribution in [1.29, 1.82) is 0 Å². The second kappa shape index (κ2) is 9.61. The molecule has 2 amide bonds. The van der Waals surface area contributed by atoms with E-state index in [1.54, 1.807) is 48.5 Å². The Balaban J connectivity index is 1.38. The summed E-state index contributed by atoms with van der Waals surface area (Å²) in [5.74, 6) is -1.03. The van der Waals surface area contributed by atoms with Crippen LogP contribution in [0.3, 0.4) is 0 Å². The average Bonchev–Trinajstić information content (AvgIpc) is 2.75. The summed E-state index contributed by atoms with van der Waals surface area (Å²) in [5, 5.41) is 0.581. The van der Waals surface area contributed by atoms with E-state index in [-0.39, 0.29) is 6.61 Å². The second-order valence-electron chi connectivity index (χ2n) is 5.89. The molecule has 0 radical (unpaired) electrons. The Morgan fingerprint density at radius 3 is 2.55 bits per heavy atom. The van der Waals surface area contributed by atoms with E-state index in [1.165, 1.54) is 12.2 Å². The molecule has 0 saturated carbocycles. The van der Waals surface area contributed by atoms with Gasteiger partial charge >= 0.3 is 5.97 Å². The lowest BCUT2D eigenvalue weighted by Crippen LogP contribution is -2.51. The van der Waals surface area contributed by atoms with E-state index < -0.39 is 30.5 Å². The molecule has 0 spiro atoms. The highest BCUT2D eigenvalue weighted by Gasteiger charge is 2.27. The number of benzene rings is 2. The molecule has 0 bridgehead atoms. The molecule has 8 nitrogen and oxygen atoms in total. The minimum Gasteiger partial charge on any atom is -0.485 e. The normalized spacial score (nSPS) is 14.9. The number of amides is 2. The van der Waals surface area contributed by atoms with Crippen molar-refractivity contribution in [3.05, 3.63) is 65.2 Å². The summed E-state index contributed by atoms with van der Waals surface area (Å²) in [7, 11) is 0. The van der Waals surface area contributed by atoms with Crippen molar-refractivity contribution in [1.82, 2.24) is 10.9 Å². The van der Waals surface area contributed by atoms with Gasteiger partial charge in [-0.25, -0.2) is 4.79 Å². The number of carbonyl (C=O) groups is 3. The molecule has 1 aliphatic heterocycles. The molecular formula is C20H17ClN2O6. The first kappa shape index (κ1) is 20.2. The third-order valence-electron chi connectivity index (χ3n) is 3.75. The van der Waals surface area contributed by atoms with Gasteiger partial charge in [-0.15, -0.1) is 0 Å². The SMILES string of the molecule is O=C(COC(=O)/C=C/c1ccc(Cl)cc1)NNC(=O)[C@@H]1COc2ccccc2O1. The lowest BCUT2D eigenvalue weighted by molar-refractivity contribution is -0.145. The van der Waals surface area contributed by atoms with Gasteiger partial charge in [0.1, 0.15) is 6.61 Å². The topological polar surface area (TPSA) is 103 Å². The van der Waals surface area contributed by atoms with Crippen LogP contribution in [0.4, 0.5) is 0 Å². The van der Waals surface area contributed by atoms with Gasteiger partial charge in [0.25, 0.3) is 11.8 Å². The molecule has 1 aliphatic rings. The van der Waals surface area contributed by atoms with Crippen LogP contribution < -0.4 is 20.3 Å². The van der Waals surface area contributed by atoms with Crippen molar-refractivity contribution in [2.75, 3.05) is 13.2 Å². The smallest absolute Gasteiger partial charge is 0.331 e. The van der Waals surface area contributed by atoms with Crippen LogP contribution in [-0.2, 0) is 19.1 Å². The number of para-hydroxylation sites is 2. The first-order valence-corrected chi connectivity index (χ1v) is 8.96. The van der Waals surface area contributed by atoms with Crippen LogP contribution in [-0.4, -0.2) is 37.1 Å². The molecule has 0 saturated heterocycles. The van der Waals surface area contributed by atoms with E-state index in [4.69, 9.17) is 25.8 Å². The molecule has 3 rings (SSSR count). The maximum absolute atomic E-state index is 12.1. The van der Waals surface area contributed by atoms with Gasteiger partial charge in [-0.1, -0.05) is 35.9 Å². The number of hydrogen-bond acceptors (Lipinski definition) is 6. The molecule has 0 aromatic heterocycles. The first-order chi connectivity index (χ1) is 14.0. The van der Waals surface area contributed by atoms with Crippen molar-refractivity contribution in [2.45, 2.75) is 6.10 Å². The highest BCUT2D eigenvalue weighted by molar-refractivity contribution is 6.30. The Kier molecular flexibility index (Phi) is 6.70. The molecule has 2 N–H and O–H groups in total. The Morgan fingerprint density at radius 1 is 1.07 bits per heavy atom. The quantitative estimate of drug-likeness (QED) is 0.438. The summed E-state index contributed by atoms with van der Waals surface area (Å²) < 4.78 is 15.7. The molecule has 0 unspecified atom stereocenters. The van der Waals surface area contributed by atoms with Crippen LogP contribution in [0.1, 0.15) is 5.56 Å². The number of nitrogens with one attached hydrogen (secondary N) is 2. The standard InChI is InChI=1S/C20H17ClN2O6/c21-14-8-5-13(6-9-14)7-10-19(25)28-12-18(24)22-23-20(26)17-11-27-15-3-1-2-4-16(15)29-17/h1-10,17H,11-12H2,(H,22,24)(H,23,26)/b10-7+/t17-/m0/s1. The highest BCUT2D eigenvalue weighted by Crippen LogP contribution is 2.30. The fraction of sp³-hybridized carbons (Fsp3) is 0.150. The van der Waals surface area contributed by atoms with Crippen LogP contribution >= 0.6 is 11.6 Å². The second-order valence-corrected chi connectivity index (χ2v) is 6.33. The molecule has 2 aromatic carbocycles. The number of halogens is 1. The summed E-state index contributed by atoms with van der Waals surface area (Å²) in [6.07, 6.45) is 1.78. The van der Waals surface area contributed by atoms with Crippen molar-refractivity contribution in [3.63, 3.8) is 0 Å². The van der Waals surface area contributed by atoms with Crippen molar-refractivity contribution < 1.29 is 28.6 Å². The third-order valence-corrected chi connectivity index (χ3v) is 4.01. The van der Waals surface area contributed by atoms with E-state index in [1.807, 2.05) is 0 Å². The average molecular weight is 417 g/mol. The Bertz CT molecular complexity index is 929. The van der Waals surface area contributed by atoms with Crippen molar-refractivity contribution >= 4 is 35.5 Å². The van der Waals surface area contributed by atoms with Gasteiger partial charge < -0.3 is 14.2 Å². The number of ether oxygens (including phenoxy) is 3. The lowest BCUT2D eigenvalue weighted by atomic mass is 10.2. The molecule has 1 atom stereocenters. The predicted octanol–water partition coefficient (Wildman–Crippen LogP) is 1.88. The molecule has 1 heterocycles. The molecule has 0 fully saturated rings. The number of esters is 1. The van der Waals surface area contributed by atoms with Crippen LogP contribution in [0.2, 0.25) is 5.02 Å². The number of rotatable bonds is 5. The minimum absolute atomic E-state index is 0.00317. The van der Waals surface area contributed by atoms with Gasteiger partial charge in [0, 0.05) is 11.1 Å². The van der Waals surface area contributed by atoms with E-state index in [0.717, 1.165) is 5.56 Å². The number of carbonyl (C=O) groups excluding carboxylic acids is 3. The summed E-state index contributed by atoms with van der Waals surface area (Å²) in [6, 6.07) is 13.7. The zero-order valence-corrected chi connectivity index (χ0v) is 15.8. The molecular weight excluding hydrogens is 400 g/mol. The Labute approximate surface area is 171 Å². The largest absolute Gasteiger partial charge is 0.485 e. The van der Waals surface area contributed by atoms with E-state index in [2.05, 4.69) is 10.9 Å². The van der Waals surface area contributed by atoms with E-state index >= 15 is 0 Å². The van der Waals surface area contributed by atoms with Gasteiger partial charge in [-0.05, 0) is 35.9 Å². The third kappa shape index (κ3) is 5.98. The maximum Gasteiger partial charge on any atom is 0.331 e. The van der Waals surface area contributed by atoms with Crippen LogP contribution in [0, 0.1) is 0 Å². The van der Waals surface area contributed by atoms with Gasteiger partial charge in [-0.2, -0.15) is 0 Å².